The Kier molecular flexibility index (Phi) is 13.7. The van der Waals surface area contributed by atoms with E-state index in [0.717, 1.165) is 18.4 Å². The van der Waals surface area contributed by atoms with Crippen molar-refractivity contribution >= 4 is 37.1 Å². The second kappa shape index (κ2) is 17.9. The molecule has 48 heavy (non-hydrogen) atoms. The second-order valence-electron chi connectivity index (χ2n) is 10.5. The number of pyridine rings is 1. The van der Waals surface area contributed by atoms with Gasteiger partial charge in [0.05, 0.1) is 48.4 Å². The maximum Gasteiger partial charge on any atom is 0.200 e. The summed E-state index contributed by atoms with van der Waals surface area (Å²) in [4.78, 5) is 5.21. The van der Waals surface area contributed by atoms with Crippen molar-refractivity contribution in [3.63, 3.8) is 0 Å². The molecule has 0 saturated heterocycles. The van der Waals surface area contributed by atoms with Crippen LogP contribution in [0.1, 0.15) is 17.0 Å². The molecule has 0 unspecified atom stereocenters. The minimum absolute atomic E-state index is 0. The van der Waals surface area contributed by atoms with E-state index in [1.54, 1.807) is 0 Å². The third-order valence-corrected chi connectivity index (χ3v) is 12.9. The zero-order valence-electron chi connectivity index (χ0n) is 25.3. The van der Waals surface area contributed by atoms with Crippen LogP contribution in [0.25, 0.3) is 0 Å². The average molecular weight is 777 g/mol. The number of nitriles is 1. The van der Waals surface area contributed by atoms with Gasteiger partial charge in [0.15, 0.2) is 23.3 Å². The third-order valence-electron chi connectivity index (χ3n) is 7.39. The van der Waals surface area contributed by atoms with Crippen molar-refractivity contribution in [2.24, 2.45) is 0 Å². The zero-order valence-corrected chi connectivity index (χ0v) is 28.8. The zero-order chi connectivity index (χ0) is 33.2. The van der Waals surface area contributed by atoms with Gasteiger partial charge in [-0.05, 0) is 60.7 Å². The molecule has 0 spiro atoms. The van der Waals surface area contributed by atoms with Gasteiger partial charge in [-0.25, -0.2) is 22.0 Å². The molecule has 0 aliphatic heterocycles. The van der Waals surface area contributed by atoms with Gasteiger partial charge >= 0.3 is 0 Å². The molecular weight excluding hydrogens is 748 g/mol. The predicted molar refractivity (Wildman–Crippen MR) is 184 cm³/mol. The van der Waals surface area contributed by atoms with Crippen LogP contribution in [0.2, 0.25) is 0 Å². The Morgan fingerprint density at radius 2 is 0.729 bits per heavy atom. The predicted octanol–water partition coefficient (Wildman–Crippen LogP) is 8.06. The molecule has 5 aromatic carbocycles. The number of hydrogen-bond donors (Lipinski definition) is 0. The molecule has 0 amide bonds. The maximum absolute atomic E-state index is 12.5. The fourth-order valence-electron chi connectivity index (χ4n) is 5.09. The van der Waals surface area contributed by atoms with Gasteiger partial charge in [-0.15, -0.1) is 0 Å². The standard InChI is InChI=1S/C31H27NP2.C7F5N.Pd/c1-5-16-28(17-6-1)33(29-18-7-2-8-19-29)24-26-14-13-15-27(32-26)25-34(30-20-9-3-10-21-30)31-22-11-4-12-23-31;8-3-2(1-13)4(9)6(11)7(12)5(3)10;/h1-23H,24-25H2;;/p+2. The Balaban J connectivity index is 0.000000315. The van der Waals surface area contributed by atoms with Crippen molar-refractivity contribution in [3.05, 3.63) is 186 Å². The van der Waals surface area contributed by atoms with E-state index in [4.69, 9.17) is 10.2 Å². The molecule has 6 rings (SSSR count). The Labute approximate surface area is 292 Å². The first-order valence-electron chi connectivity index (χ1n) is 14.7. The smallest absolute Gasteiger partial charge is 0.200 e. The summed E-state index contributed by atoms with van der Waals surface area (Å²) >= 11 is 0. The summed E-state index contributed by atoms with van der Waals surface area (Å²) in [6, 6.07) is 51.3. The summed E-state index contributed by atoms with van der Waals surface area (Å²) in [6.07, 6.45) is 1.98. The summed E-state index contributed by atoms with van der Waals surface area (Å²) in [6.45, 7) is 0. The van der Waals surface area contributed by atoms with Gasteiger partial charge in [-0.2, -0.15) is 5.26 Å². The topological polar surface area (TPSA) is 36.7 Å². The number of nitrogens with zero attached hydrogens (tertiary/aromatic N) is 2. The molecule has 0 aliphatic rings. The summed E-state index contributed by atoms with van der Waals surface area (Å²) in [5, 5.41) is 13.8. The Hall–Kier alpha value is -4.09. The first-order valence-corrected chi connectivity index (χ1v) is 18.1. The molecule has 0 saturated carbocycles. The molecule has 1 aromatic heterocycles. The number of halogens is 5. The largest absolute Gasteiger partial charge is 0.250 e. The Morgan fingerprint density at radius 3 is 1.02 bits per heavy atom. The normalized spacial score (nSPS) is 10.5. The van der Waals surface area contributed by atoms with E-state index in [2.05, 4.69) is 140 Å². The average Bonchev–Trinajstić information content (AvgIpc) is 3.13. The number of benzene rings is 5. The van der Waals surface area contributed by atoms with Crippen LogP contribution in [-0.4, -0.2) is 4.98 Å². The van der Waals surface area contributed by atoms with Crippen LogP contribution in [0, 0.1) is 40.4 Å². The molecule has 0 aliphatic carbocycles. The van der Waals surface area contributed by atoms with E-state index >= 15 is 0 Å². The van der Waals surface area contributed by atoms with E-state index in [-0.39, 0.29) is 20.4 Å². The fraction of sp³-hybridized carbons (Fsp3) is 0.0526. The molecule has 0 N–H and O–H groups in total. The van der Waals surface area contributed by atoms with Crippen LogP contribution in [-0.2, 0) is 32.7 Å². The SMILES string of the molecule is N#Cc1c(F)c(F)c(F)c(F)c1F.[Pd].c1ccc([PH+](Cc2cccc(C[PH+](c3ccccc3)c3ccccc3)n2)c2ccccc2)cc1. The van der Waals surface area contributed by atoms with Crippen molar-refractivity contribution in [2.75, 3.05) is 0 Å². The summed E-state index contributed by atoms with van der Waals surface area (Å²) < 4.78 is 61.8. The first kappa shape index (κ1) is 36.7. The number of rotatable bonds is 8. The van der Waals surface area contributed by atoms with E-state index in [0.29, 0.717) is 0 Å². The quantitative estimate of drug-likeness (QED) is 0.0516. The molecule has 6 aromatic rings. The van der Waals surface area contributed by atoms with Crippen LogP contribution in [0.5, 0.6) is 0 Å². The van der Waals surface area contributed by atoms with Crippen LogP contribution < -0.4 is 21.2 Å². The van der Waals surface area contributed by atoms with Gasteiger partial charge in [-0.1, -0.05) is 78.9 Å². The molecule has 0 atom stereocenters. The molecule has 244 valence electrons. The summed E-state index contributed by atoms with van der Waals surface area (Å²) in [5.41, 5.74) is 0.916. The Morgan fingerprint density at radius 1 is 0.438 bits per heavy atom. The molecule has 2 nitrogen and oxygen atoms in total. The minimum atomic E-state index is -2.27. The van der Waals surface area contributed by atoms with E-state index < -0.39 is 50.5 Å². The summed E-state index contributed by atoms with van der Waals surface area (Å²) in [5.74, 6) is -10.7. The molecule has 0 fully saturated rings. The summed E-state index contributed by atoms with van der Waals surface area (Å²) in [7, 11) is -1.91. The van der Waals surface area contributed by atoms with Gasteiger partial charge in [0, 0.05) is 20.4 Å². The van der Waals surface area contributed by atoms with Crippen molar-refractivity contribution in [1.82, 2.24) is 4.98 Å². The van der Waals surface area contributed by atoms with Crippen LogP contribution in [0.15, 0.2) is 140 Å². The van der Waals surface area contributed by atoms with Crippen molar-refractivity contribution in [1.29, 1.82) is 5.26 Å². The minimum Gasteiger partial charge on any atom is -0.250 e. The van der Waals surface area contributed by atoms with Gasteiger partial charge in [-0.3, -0.25) is 4.98 Å². The Bertz CT molecular complexity index is 1750. The fourth-order valence-corrected chi connectivity index (χ4v) is 10.1. The second-order valence-corrected chi connectivity index (χ2v) is 15.4. The first-order chi connectivity index (χ1) is 22.9. The van der Waals surface area contributed by atoms with E-state index in [9.17, 15) is 22.0 Å². The third kappa shape index (κ3) is 9.08. The molecule has 1 heterocycles. The van der Waals surface area contributed by atoms with Gasteiger partial charge in [0.1, 0.15) is 24.0 Å². The van der Waals surface area contributed by atoms with Crippen LogP contribution in [0.4, 0.5) is 22.0 Å². The van der Waals surface area contributed by atoms with Gasteiger partial charge in [0.2, 0.25) is 5.82 Å². The van der Waals surface area contributed by atoms with Gasteiger partial charge < -0.3 is 0 Å². The van der Waals surface area contributed by atoms with Crippen LogP contribution in [0.3, 0.4) is 0 Å². The van der Waals surface area contributed by atoms with E-state index in [1.807, 2.05) is 0 Å². The van der Waals surface area contributed by atoms with Crippen molar-refractivity contribution < 1.29 is 42.4 Å². The van der Waals surface area contributed by atoms with E-state index in [1.165, 1.54) is 32.6 Å². The molecule has 0 radical (unpaired) electrons. The van der Waals surface area contributed by atoms with Crippen molar-refractivity contribution in [2.45, 2.75) is 12.3 Å². The molecule has 10 heteroatoms. The van der Waals surface area contributed by atoms with Crippen LogP contribution >= 0.6 is 15.8 Å². The monoisotopic (exact) mass is 776 g/mol. The maximum atomic E-state index is 12.5. The number of aromatic nitrogens is 1. The van der Waals surface area contributed by atoms with Gasteiger partial charge in [0.25, 0.3) is 0 Å². The molecular formula is C38H29F5N2P2Pd+2. The number of hydrogen-bond acceptors (Lipinski definition) is 2. The molecule has 0 bridgehead atoms. The van der Waals surface area contributed by atoms with Crippen molar-refractivity contribution in [3.8, 4) is 6.07 Å².